The number of hydrogen-bond donors (Lipinski definition) is 1. The Kier molecular flexibility index (Phi) is 5.71. The third-order valence-electron chi connectivity index (χ3n) is 2.41. The minimum atomic E-state index is -0.590. The Hall–Kier alpha value is -0.570. The number of aliphatic hydroxyl groups excluding tert-OH is 1. The number of rotatable bonds is 5. The maximum Gasteiger partial charge on any atom is 0.311 e. The number of carbonyl (C=O) groups is 1. The smallest absolute Gasteiger partial charge is 0.311 e. The molecular formula is C10H20O3. The molecule has 0 heterocycles. The summed E-state index contributed by atoms with van der Waals surface area (Å²) in [7, 11) is 1.34. The van der Waals surface area contributed by atoms with Crippen LogP contribution in [0.1, 0.15) is 33.6 Å². The normalized spacial score (nSPS) is 17.6. The first-order valence-corrected chi connectivity index (χ1v) is 4.80. The topological polar surface area (TPSA) is 46.5 Å². The summed E-state index contributed by atoms with van der Waals surface area (Å²) >= 11 is 0. The lowest BCUT2D eigenvalue weighted by atomic mass is 9.90. The fourth-order valence-electron chi connectivity index (χ4n) is 1.44. The first-order valence-electron chi connectivity index (χ1n) is 4.80. The Morgan fingerprint density at radius 2 is 2.00 bits per heavy atom. The Bertz CT molecular complexity index is 156. The van der Waals surface area contributed by atoms with Crippen LogP contribution in [0, 0.1) is 11.8 Å². The van der Waals surface area contributed by atoms with Gasteiger partial charge in [0.15, 0.2) is 0 Å². The Morgan fingerprint density at radius 3 is 2.38 bits per heavy atom. The zero-order chi connectivity index (χ0) is 10.4. The lowest BCUT2D eigenvalue weighted by molar-refractivity contribution is -0.149. The van der Waals surface area contributed by atoms with Crippen molar-refractivity contribution in [1.29, 1.82) is 0 Å². The summed E-state index contributed by atoms with van der Waals surface area (Å²) in [4.78, 5) is 11.1. The molecule has 0 aromatic rings. The van der Waals surface area contributed by atoms with E-state index < -0.39 is 12.0 Å². The van der Waals surface area contributed by atoms with Crippen LogP contribution in [0.3, 0.4) is 0 Å². The summed E-state index contributed by atoms with van der Waals surface area (Å²) in [6, 6.07) is 0. The zero-order valence-electron chi connectivity index (χ0n) is 8.91. The summed E-state index contributed by atoms with van der Waals surface area (Å²) in [6.45, 7) is 5.71. The van der Waals surface area contributed by atoms with Crippen molar-refractivity contribution >= 4 is 5.97 Å². The van der Waals surface area contributed by atoms with Gasteiger partial charge in [0.05, 0.1) is 19.1 Å². The molecule has 0 unspecified atom stereocenters. The molecule has 0 saturated heterocycles. The number of esters is 1. The molecule has 0 aliphatic carbocycles. The number of hydrogen-bond acceptors (Lipinski definition) is 3. The Labute approximate surface area is 80.1 Å². The number of ether oxygens (including phenoxy) is 1. The van der Waals surface area contributed by atoms with Crippen molar-refractivity contribution in [2.75, 3.05) is 7.11 Å². The van der Waals surface area contributed by atoms with Crippen molar-refractivity contribution < 1.29 is 14.6 Å². The van der Waals surface area contributed by atoms with Crippen molar-refractivity contribution in [3.63, 3.8) is 0 Å². The van der Waals surface area contributed by atoms with Gasteiger partial charge in [0.25, 0.3) is 0 Å². The van der Waals surface area contributed by atoms with Gasteiger partial charge in [-0.1, -0.05) is 20.3 Å². The van der Waals surface area contributed by atoms with Gasteiger partial charge in [-0.05, 0) is 19.3 Å². The molecule has 3 nitrogen and oxygen atoms in total. The molecule has 0 amide bonds. The van der Waals surface area contributed by atoms with Gasteiger partial charge in [-0.2, -0.15) is 0 Å². The van der Waals surface area contributed by atoms with Crippen LogP contribution in [0.25, 0.3) is 0 Å². The summed E-state index contributed by atoms with van der Waals surface area (Å²) in [5, 5.41) is 9.72. The molecule has 0 radical (unpaired) electrons. The van der Waals surface area contributed by atoms with Crippen LogP contribution in [-0.2, 0) is 9.53 Å². The molecule has 0 aliphatic rings. The molecule has 0 aliphatic heterocycles. The second kappa shape index (κ2) is 5.97. The lowest BCUT2D eigenvalue weighted by Crippen LogP contribution is -2.31. The van der Waals surface area contributed by atoms with Crippen molar-refractivity contribution in [3.05, 3.63) is 0 Å². The van der Waals surface area contributed by atoms with Crippen LogP contribution in [0.2, 0.25) is 0 Å². The minimum absolute atomic E-state index is 0.152. The van der Waals surface area contributed by atoms with E-state index in [9.17, 15) is 9.90 Å². The van der Waals surface area contributed by atoms with Crippen molar-refractivity contribution in [2.24, 2.45) is 11.8 Å². The van der Waals surface area contributed by atoms with Gasteiger partial charge in [-0.25, -0.2) is 0 Å². The van der Waals surface area contributed by atoms with E-state index in [-0.39, 0.29) is 11.9 Å². The molecule has 1 N–H and O–H groups in total. The number of carbonyl (C=O) groups excluding carboxylic acids is 1. The molecule has 3 atom stereocenters. The molecular weight excluding hydrogens is 168 g/mol. The molecule has 3 heteroatoms. The van der Waals surface area contributed by atoms with E-state index in [4.69, 9.17) is 0 Å². The first-order chi connectivity index (χ1) is 6.04. The summed E-state index contributed by atoms with van der Waals surface area (Å²) in [5.74, 6) is -0.610. The van der Waals surface area contributed by atoms with Gasteiger partial charge in [0.1, 0.15) is 0 Å². The van der Waals surface area contributed by atoms with Crippen LogP contribution in [0.4, 0.5) is 0 Å². The second-order valence-corrected chi connectivity index (χ2v) is 3.57. The second-order valence-electron chi connectivity index (χ2n) is 3.57. The quantitative estimate of drug-likeness (QED) is 0.666. The number of methoxy groups -OCH3 is 1. The standard InChI is InChI=1S/C10H20O3/c1-5-6-7(2)9(11)8(3)10(12)13-4/h7-9,11H,5-6H2,1-4H3/t7-,8+,9+/m0/s1. The molecule has 78 valence electrons. The van der Waals surface area contributed by atoms with Crippen molar-refractivity contribution in [1.82, 2.24) is 0 Å². The highest BCUT2D eigenvalue weighted by molar-refractivity contribution is 5.72. The average molecular weight is 188 g/mol. The average Bonchev–Trinajstić information content (AvgIpc) is 2.14. The van der Waals surface area contributed by atoms with E-state index in [0.29, 0.717) is 0 Å². The molecule has 0 aromatic heterocycles. The predicted molar refractivity (Wildman–Crippen MR) is 51.3 cm³/mol. The van der Waals surface area contributed by atoms with Crippen LogP contribution in [-0.4, -0.2) is 24.3 Å². The van der Waals surface area contributed by atoms with E-state index in [1.807, 2.05) is 6.92 Å². The fraction of sp³-hybridized carbons (Fsp3) is 0.900. The van der Waals surface area contributed by atoms with Crippen LogP contribution >= 0.6 is 0 Å². The first kappa shape index (κ1) is 12.4. The zero-order valence-corrected chi connectivity index (χ0v) is 8.91. The van der Waals surface area contributed by atoms with E-state index in [0.717, 1.165) is 12.8 Å². The highest BCUT2D eigenvalue weighted by Crippen LogP contribution is 2.18. The van der Waals surface area contributed by atoms with Gasteiger partial charge in [0, 0.05) is 0 Å². The monoisotopic (exact) mass is 188 g/mol. The third kappa shape index (κ3) is 3.77. The molecule has 0 spiro atoms. The highest BCUT2D eigenvalue weighted by atomic mass is 16.5. The van der Waals surface area contributed by atoms with Gasteiger partial charge in [0.2, 0.25) is 0 Å². The molecule has 0 bridgehead atoms. The maximum atomic E-state index is 11.1. The molecule has 0 saturated carbocycles. The molecule has 0 fully saturated rings. The fourth-order valence-corrected chi connectivity index (χ4v) is 1.44. The number of aliphatic hydroxyl groups is 1. The largest absolute Gasteiger partial charge is 0.469 e. The third-order valence-corrected chi connectivity index (χ3v) is 2.41. The Morgan fingerprint density at radius 1 is 1.46 bits per heavy atom. The van der Waals surface area contributed by atoms with Crippen molar-refractivity contribution in [2.45, 2.75) is 39.7 Å². The van der Waals surface area contributed by atoms with Gasteiger partial charge in [-0.3, -0.25) is 4.79 Å². The highest BCUT2D eigenvalue weighted by Gasteiger charge is 2.26. The SMILES string of the molecule is CCC[C@H](C)[C@@H](O)[C@@H](C)C(=O)OC. The van der Waals surface area contributed by atoms with E-state index in [1.165, 1.54) is 7.11 Å². The van der Waals surface area contributed by atoms with Gasteiger partial charge < -0.3 is 9.84 Å². The summed E-state index contributed by atoms with van der Waals surface area (Å²) in [5.41, 5.74) is 0. The van der Waals surface area contributed by atoms with Crippen LogP contribution in [0.15, 0.2) is 0 Å². The van der Waals surface area contributed by atoms with E-state index >= 15 is 0 Å². The summed E-state index contributed by atoms with van der Waals surface area (Å²) in [6.07, 6.45) is 1.36. The molecule has 0 aromatic carbocycles. The van der Waals surface area contributed by atoms with E-state index in [2.05, 4.69) is 11.7 Å². The molecule has 13 heavy (non-hydrogen) atoms. The van der Waals surface area contributed by atoms with Crippen molar-refractivity contribution in [3.8, 4) is 0 Å². The maximum absolute atomic E-state index is 11.1. The molecule has 0 rings (SSSR count). The minimum Gasteiger partial charge on any atom is -0.469 e. The lowest BCUT2D eigenvalue weighted by Gasteiger charge is -2.22. The van der Waals surface area contributed by atoms with E-state index in [1.54, 1.807) is 6.92 Å². The van der Waals surface area contributed by atoms with Gasteiger partial charge in [-0.15, -0.1) is 0 Å². The van der Waals surface area contributed by atoms with Gasteiger partial charge >= 0.3 is 5.97 Å². The van der Waals surface area contributed by atoms with Crippen LogP contribution in [0.5, 0.6) is 0 Å². The summed E-state index contributed by atoms with van der Waals surface area (Å²) < 4.78 is 4.56. The van der Waals surface area contributed by atoms with Crippen LogP contribution < -0.4 is 0 Å². The Balaban J connectivity index is 4.07. The predicted octanol–water partition coefficient (Wildman–Crippen LogP) is 1.59.